The number of hydrogen-bond donors (Lipinski definition) is 1. The maximum Gasteiger partial charge on any atom is 0.248 e. The minimum Gasteiger partial charge on any atom is -0.375 e. The van der Waals surface area contributed by atoms with Gasteiger partial charge in [0.05, 0.1) is 11.7 Å². The van der Waals surface area contributed by atoms with E-state index in [9.17, 15) is 9.59 Å². The van der Waals surface area contributed by atoms with E-state index in [-0.39, 0.29) is 30.4 Å². The summed E-state index contributed by atoms with van der Waals surface area (Å²) >= 11 is 0. The van der Waals surface area contributed by atoms with Gasteiger partial charge >= 0.3 is 0 Å². The van der Waals surface area contributed by atoms with Crippen molar-refractivity contribution in [2.45, 2.75) is 38.6 Å². The average Bonchev–Trinajstić information content (AvgIpc) is 3.45. The number of ether oxygens (including phenoxy) is 1. The van der Waals surface area contributed by atoms with Gasteiger partial charge in [0.1, 0.15) is 6.61 Å². The van der Waals surface area contributed by atoms with Crippen LogP contribution in [-0.2, 0) is 14.3 Å². The van der Waals surface area contributed by atoms with Gasteiger partial charge in [-0.3, -0.25) is 14.6 Å². The number of piperidine rings is 1. The molecule has 1 aliphatic carbocycles. The number of aryl methyl sites for hydroxylation is 1. The van der Waals surface area contributed by atoms with Gasteiger partial charge in [0.15, 0.2) is 0 Å². The number of nitrogens with zero attached hydrogens (tertiary/aromatic N) is 2. The van der Waals surface area contributed by atoms with Crippen LogP contribution in [0.3, 0.4) is 0 Å². The number of rotatable bonds is 6. The van der Waals surface area contributed by atoms with E-state index in [0.29, 0.717) is 31.8 Å². The molecule has 1 aliphatic heterocycles. The van der Waals surface area contributed by atoms with Gasteiger partial charge in [-0.15, -0.1) is 0 Å². The van der Waals surface area contributed by atoms with Crippen molar-refractivity contribution in [3.8, 4) is 0 Å². The summed E-state index contributed by atoms with van der Waals surface area (Å²) in [5.41, 5.74) is 1.94. The Bertz CT molecular complexity index is 622. The number of amides is 2. The van der Waals surface area contributed by atoms with Crippen LogP contribution in [0.5, 0.6) is 0 Å². The largest absolute Gasteiger partial charge is 0.375 e. The van der Waals surface area contributed by atoms with Gasteiger partial charge in [0.2, 0.25) is 11.8 Å². The predicted octanol–water partition coefficient (Wildman–Crippen LogP) is 1.84. The lowest BCUT2D eigenvalue weighted by molar-refractivity contribution is -0.138. The molecule has 3 rings (SSSR count). The number of aromatic nitrogens is 1. The molecule has 2 fully saturated rings. The third kappa shape index (κ3) is 4.57. The normalized spacial score (nSPS) is 19.5. The maximum atomic E-state index is 12.7. The second kappa shape index (κ2) is 7.95. The molecule has 1 unspecified atom stereocenters. The zero-order valence-electron chi connectivity index (χ0n) is 15.0. The first kappa shape index (κ1) is 17.9. The number of carbonyl (C=O) groups is 2. The molecule has 1 saturated heterocycles. The topological polar surface area (TPSA) is 71.5 Å². The van der Waals surface area contributed by atoms with Crippen molar-refractivity contribution in [3.63, 3.8) is 0 Å². The molecule has 2 aliphatic rings. The average molecular weight is 345 g/mol. The molecule has 0 radical (unpaired) electrons. The third-order valence-electron chi connectivity index (χ3n) is 5.11. The number of carbonyl (C=O) groups excluding carboxylic acids is 2. The van der Waals surface area contributed by atoms with E-state index < -0.39 is 0 Å². The quantitative estimate of drug-likeness (QED) is 0.854. The standard InChI is InChI=1S/C19H27N3O3/c1-13-4-3-5-16(20-13)18(14-6-7-14)21-19(24)15-8-10-22(11-9-15)17(23)12-25-2/h3-5,14-15,18H,6-12H2,1-2H3,(H,21,24). The number of hydrogen-bond acceptors (Lipinski definition) is 4. The van der Waals surface area contributed by atoms with Crippen molar-refractivity contribution in [1.82, 2.24) is 15.2 Å². The highest BCUT2D eigenvalue weighted by atomic mass is 16.5. The first-order valence-electron chi connectivity index (χ1n) is 9.09. The molecule has 1 saturated carbocycles. The van der Waals surface area contributed by atoms with Crippen LogP contribution in [0.15, 0.2) is 18.2 Å². The summed E-state index contributed by atoms with van der Waals surface area (Å²) in [7, 11) is 1.52. The van der Waals surface area contributed by atoms with Crippen LogP contribution in [0, 0.1) is 18.8 Å². The van der Waals surface area contributed by atoms with Crippen LogP contribution in [0.1, 0.15) is 43.1 Å². The molecule has 1 N–H and O–H groups in total. The summed E-state index contributed by atoms with van der Waals surface area (Å²) in [4.78, 5) is 31.0. The van der Waals surface area contributed by atoms with Gasteiger partial charge in [-0.25, -0.2) is 0 Å². The second-order valence-corrected chi connectivity index (χ2v) is 7.12. The summed E-state index contributed by atoms with van der Waals surface area (Å²) in [6.07, 6.45) is 3.70. The van der Waals surface area contributed by atoms with E-state index in [0.717, 1.165) is 24.2 Å². The zero-order chi connectivity index (χ0) is 17.8. The Morgan fingerprint density at radius 3 is 2.60 bits per heavy atom. The van der Waals surface area contributed by atoms with Gasteiger partial charge in [0, 0.05) is 31.8 Å². The SMILES string of the molecule is COCC(=O)N1CCC(C(=O)NC(c2cccc(C)n2)C2CC2)CC1. The smallest absolute Gasteiger partial charge is 0.248 e. The van der Waals surface area contributed by atoms with Crippen LogP contribution >= 0.6 is 0 Å². The van der Waals surface area contributed by atoms with E-state index >= 15 is 0 Å². The minimum absolute atomic E-state index is 0.00109. The second-order valence-electron chi connectivity index (χ2n) is 7.12. The van der Waals surface area contributed by atoms with Gasteiger partial charge < -0.3 is 15.0 Å². The lowest BCUT2D eigenvalue weighted by Gasteiger charge is -2.32. The van der Waals surface area contributed by atoms with E-state index in [1.165, 1.54) is 7.11 Å². The molecule has 1 aromatic heterocycles. The van der Waals surface area contributed by atoms with Crippen molar-refractivity contribution < 1.29 is 14.3 Å². The van der Waals surface area contributed by atoms with Crippen molar-refractivity contribution >= 4 is 11.8 Å². The van der Waals surface area contributed by atoms with E-state index in [2.05, 4.69) is 10.3 Å². The minimum atomic E-state index is -0.0299. The third-order valence-corrected chi connectivity index (χ3v) is 5.11. The van der Waals surface area contributed by atoms with Crippen molar-refractivity contribution in [1.29, 1.82) is 0 Å². The first-order chi connectivity index (χ1) is 12.1. The van der Waals surface area contributed by atoms with Crippen molar-refractivity contribution in [3.05, 3.63) is 29.6 Å². The van der Waals surface area contributed by atoms with E-state index in [1.807, 2.05) is 25.1 Å². The molecule has 1 atom stereocenters. The molecule has 0 bridgehead atoms. The van der Waals surface area contributed by atoms with Gasteiger partial charge in [-0.1, -0.05) is 6.07 Å². The summed E-state index contributed by atoms with van der Waals surface area (Å²) in [6.45, 7) is 3.33. The molecule has 6 nitrogen and oxygen atoms in total. The monoisotopic (exact) mass is 345 g/mol. The van der Waals surface area contributed by atoms with Gasteiger partial charge in [0.25, 0.3) is 0 Å². The zero-order valence-corrected chi connectivity index (χ0v) is 15.0. The molecule has 25 heavy (non-hydrogen) atoms. The molecule has 136 valence electrons. The first-order valence-corrected chi connectivity index (χ1v) is 9.09. The van der Waals surface area contributed by atoms with Crippen LogP contribution in [0.4, 0.5) is 0 Å². The number of methoxy groups -OCH3 is 1. The highest BCUT2D eigenvalue weighted by Gasteiger charge is 2.36. The molecule has 2 amide bonds. The lowest BCUT2D eigenvalue weighted by atomic mass is 9.95. The van der Waals surface area contributed by atoms with Crippen molar-refractivity contribution in [2.75, 3.05) is 26.8 Å². The molecular formula is C19H27N3O3. The molecule has 2 heterocycles. The Balaban J connectivity index is 1.57. The summed E-state index contributed by atoms with van der Waals surface area (Å²) in [5, 5.41) is 3.23. The predicted molar refractivity (Wildman–Crippen MR) is 93.8 cm³/mol. The van der Waals surface area contributed by atoms with Gasteiger partial charge in [-0.05, 0) is 50.7 Å². The highest BCUT2D eigenvalue weighted by Crippen LogP contribution is 2.40. The molecular weight excluding hydrogens is 318 g/mol. The Morgan fingerprint density at radius 2 is 2.00 bits per heavy atom. The Kier molecular flexibility index (Phi) is 5.68. The number of pyridine rings is 1. The summed E-state index contributed by atoms with van der Waals surface area (Å²) in [5.74, 6) is 0.569. The fraction of sp³-hybridized carbons (Fsp3) is 0.632. The van der Waals surface area contributed by atoms with Crippen LogP contribution in [0.2, 0.25) is 0 Å². The summed E-state index contributed by atoms with van der Waals surface area (Å²) < 4.78 is 4.90. The van der Waals surface area contributed by atoms with E-state index in [4.69, 9.17) is 4.74 Å². The fourth-order valence-electron chi connectivity index (χ4n) is 3.48. The number of likely N-dealkylation sites (tertiary alicyclic amines) is 1. The van der Waals surface area contributed by atoms with Crippen LogP contribution in [0.25, 0.3) is 0 Å². The molecule has 6 heteroatoms. The molecule has 0 spiro atoms. The van der Waals surface area contributed by atoms with Crippen LogP contribution in [-0.4, -0.2) is 48.5 Å². The Labute approximate surface area is 148 Å². The Hall–Kier alpha value is -1.95. The highest BCUT2D eigenvalue weighted by molar-refractivity contribution is 5.80. The summed E-state index contributed by atoms with van der Waals surface area (Å²) in [6, 6.07) is 5.99. The van der Waals surface area contributed by atoms with Crippen molar-refractivity contribution in [2.24, 2.45) is 11.8 Å². The molecule has 1 aromatic rings. The number of nitrogens with one attached hydrogen (secondary N) is 1. The lowest BCUT2D eigenvalue weighted by Crippen LogP contribution is -2.45. The van der Waals surface area contributed by atoms with Crippen LogP contribution < -0.4 is 5.32 Å². The fourth-order valence-corrected chi connectivity index (χ4v) is 3.48. The van der Waals surface area contributed by atoms with Gasteiger partial charge in [-0.2, -0.15) is 0 Å². The Morgan fingerprint density at radius 1 is 1.28 bits per heavy atom. The maximum absolute atomic E-state index is 12.7. The van der Waals surface area contributed by atoms with E-state index in [1.54, 1.807) is 4.90 Å². The molecule has 0 aromatic carbocycles.